The number of alkyl halides is 3. The number of carboxylic acids is 4. The highest BCUT2D eigenvalue weighted by molar-refractivity contribution is 7.11. The number of hydrogen-bond acceptors (Lipinski definition) is 13. The van der Waals surface area contributed by atoms with Crippen LogP contribution < -0.4 is 4.74 Å². The summed E-state index contributed by atoms with van der Waals surface area (Å²) < 4.78 is 44.4. The number of carboxylic acid groups (broad SMARTS) is 4. The SMILES string of the molecule is COc1cccc(-c2ccc(/C(=C/CN(C)CC(=O)O)c3cscc3C)cc2)c1.Cc1cccc(-c2ccc(/C(=C/CN(C)CC(=O)O)c3sccc3C)cc2)c1.Cc1ccccc1/C(=C\CN(C)CC(=O)O)c1ccc(-c2ccsc2)cc1.Cc1cscc1/C(=C\CN(C)CC(=O)O)c1ccc(-c2cccc(C(F)(F)F)c2)cc1. The van der Waals surface area contributed by atoms with E-state index in [9.17, 15) is 32.3 Å². The average Bonchev–Trinajstić information content (AvgIpc) is 1.73. The van der Waals surface area contributed by atoms with Gasteiger partial charge in [-0.15, -0.1) is 11.3 Å². The Kier molecular flexibility index (Phi) is 32.7. The smallest absolute Gasteiger partial charge is 0.416 e. The van der Waals surface area contributed by atoms with Gasteiger partial charge in [-0.2, -0.15) is 47.2 Å². The highest BCUT2D eigenvalue weighted by Crippen LogP contribution is 2.38. The fourth-order valence-corrected chi connectivity index (χ4v) is 16.1. The Bertz CT molecular complexity index is 5330. The van der Waals surface area contributed by atoms with Crippen LogP contribution in [-0.2, 0) is 25.4 Å². The summed E-state index contributed by atoms with van der Waals surface area (Å²) in [5.74, 6) is -2.51. The van der Waals surface area contributed by atoms with E-state index in [-0.39, 0.29) is 26.2 Å². The summed E-state index contributed by atoms with van der Waals surface area (Å²) in [6.07, 6.45) is 3.95. The first-order valence-corrected chi connectivity index (χ1v) is 40.7. The molecule has 0 saturated carbocycles. The van der Waals surface area contributed by atoms with Crippen molar-refractivity contribution in [1.29, 1.82) is 0 Å². The van der Waals surface area contributed by atoms with Gasteiger partial charge in [-0.1, -0.05) is 200 Å². The summed E-state index contributed by atoms with van der Waals surface area (Å²) in [6, 6.07) is 67.4. The molecule has 0 unspecified atom stereocenters. The maximum absolute atomic E-state index is 13.0. The number of aryl methyl sites for hydroxylation is 5. The van der Waals surface area contributed by atoms with Crippen LogP contribution in [-0.4, -0.2) is 152 Å². The number of thiophene rings is 4. The number of carbonyl (C=O) groups is 4. The fraction of sp³-hybridized carbons (Fsp3) is 0.200. The minimum Gasteiger partial charge on any atom is -0.497 e. The van der Waals surface area contributed by atoms with Gasteiger partial charge in [0.05, 0.1) is 38.9 Å². The highest BCUT2D eigenvalue weighted by atomic mass is 32.1. The number of ether oxygens (including phenoxy) is 1. The molecule has 12 rings (SSSR count). The zero-order valence-corrected chi connectivity index (χ0v) is 69.3. The number of methoxy groups -OCH3 is 1. The maximum atomic E-state index is 13.0. The molecule has 0 spiro atoms. The summed E-state index contributed by atoms with van der Waals surface area (Å²) in [6.45, 7) is 12.6. The number of aliphatic carboxylic acids is 4. The maximum Gasteiger partial charge on any atom is 0.416 e. The molecule has 12 aromatic rings. The van der Waals surface area contributed by atoms with Crippen LogP contribution in [0.3, 0.4) is 0 Å². The van der Waals surface area contributed by atoms with Gasteiger partial charge in [0.2, 0.25) is 0 Å². The van der Waals surface area contributed by atoms with Crippen LogP contribution in [0.2, 0.25) is 0 Å². The Labute approximate surface area is 688 Å². The number of benzene rings is 8. The Hall–Kier alpha value is -11.2. The van der Waals surface area contributed by atoms with Gasteiger partial charge in [-0.05, 0) is 265 Å². The molecule has 8 aromatic carbocycles. The lowest BCUT2D eigenvalue weighted by atomic mass is 9.93. The van der Waals surface area contributed by atoms with Crippen LogP contribution in [0.25, 0.3) is 66.8 Å². The topological polar surface area (TPSA) is 171 Å². The first-order chi connectivity index (χ1) is 55.1. The third-order valence-electron chi connectivity index (χ3n) is 18.8. The lowest BCUT2D eigenvalue weighted by Gasteiger charge is -2.16. The fourth-order valence-electron chi connectivity index (χ4n) is 12.8. The number of nitrogens with zero attached hydrogens (tertiary/aromatic N) is 4. The van der Waals surface area contributed by atoms with Crippen molar-refractivity contribution in [3.8, 4) is 50.3 Å². The van der Waals surface area contributed by atoms with Gasteiger partial charge in [0.1, 0.15) is 5.75 Å². The largest absolute Gasteiger partial charge is 0.497 e. The van der Waals surface area contributed by atoms with Crippen molar-refractivity contribution in [2.24, 2.45) is 0 Å². The van der Waals surface area contributed by atoms with Crippen molar-refractivity contribution in [3.63, 3.8) is 0 Å². The van der Waals surface area contributed by atoms with Crippen LogP contribution in [0, 0.1) is 34.6 Å². The number of halogens is 3. The summed E-state index contributed by atoms with van der Waals surface area (Å²) >= 11 is 6.67. The Morgan fingerprint density at radius 3 is 1.13 bits per heavy atom. The lowest BCUT2D eigenvalue weighted by Crippen LogP contribution is -2.25. The molecular weight excluding hydrogens is 1530 g/mol. The van der Waals surface area contributed by atoms with Gasteiger partial charge in [0.25, 0.3) is 0 Å². The molecule has 594 valence electrons. The monoisotopic (exact) mass is 1620 g/mol. The second-order valence-electron chi connectivity index (χ2n) is 28.0. The second kappa shape index (κ2) is 42.8. The summed E-state index contributed by atoms with van der Waals surface area (Å²) in [5.41, 5.74) is 25.7. The van der Waals surface area contributed by atoms with Crippen molar-refractivity contribution in [2.45, 2.75) is 40.8 Å². The zero-order valence-electron chi connectivity index (χ0n) is 66.0. The molecule has 20 heteroatoms. The molecular formula is C95H95F3N4O9S4. The van der Waals surface area contributed by atoms with Crippen LogP contribution in [0.5, 0.6) is 5.75 Å². The quantitative estimate of drug-likeness (QED) is 0.0349. The van der Waals surface area contributed by atoms with Gasteiger partial charge < -0.3 is 25.2 Å². The molecule has 4 heterocycles. The van der Waals surface area contributed by atoms with E-state index in [2.05, 4.69) is 200 Å². The Balaban J connectivity index is 0.000000176. The zero-order chi connectivity index (χ0) is 82.7. The second-order valence-corrected chi connectivity index (χ2v) is 31.2. The molecule has 0 saturated heterocycles. The predicted molar refractivity (Wildman–Crippen MR) is 469 cm³/mol. The molecule has 4 N–H and O–H groups in total. The molecule has 0 aliphatic carbocycles. The van der Waals surface area contributed by atoms with E-state index in [1.807, 2.05) is 87.4 Å². The number of likely N-dealkylation sites (N-methyl/N-ethyl adjacent to an activating group) is 4. The van der Waals surface area contributed by atoms with Gasteiger partial charge in [0.15, 0.2) is 0 Å². The minimum absolute atomic E-state index is 0.0151. The number of rotatable bonds is 29. The van der Waals surface area contributed by atoms with E-state index < -0.39 is 35.6 Å². The van der Waals surface area contributed by atoms with Gasteiger partial charge in [-0.3, -0.25) is 38.8 Å². The molecule has 13 nitrogen and oxygen atoms in total. The van der Waals surface area contributed by atoms with E-state index in [4.69, 9.17) is 25.2 Å². The van der Waals surface area contributed by atoms with E-state index in [0.717, 1.165) is 84.7 Å². The van der Waals surface area contributed by atoms with Crippen LogP contribution in [0.1, 0.15) is 77.2 Å². The van der Waals surface area contributed by atoms with Crippen molar-refractivity contribution >= 4 is 91.5 Å². The summed E-state index contributed by atoms with van der Waals surface area (Å²) in [5, 5.41) is 50.6. The summed E-state index contributed by atoms with van der Waals surface area (Å²) in [4.78, 5) is 52.1. The van der Waals surface area contributed by atoms with Crippen molar-refractivity contribution in [2.75, 3.05) is 87.7 Å². The molecule has 4 aromatic heterocycles. The van der Waals surface area contributed by atoms with E-state index in [1.165, 1.54) is 66.6 Å². The van der Waals surface area contributed by atoms with E-state index in [0.29, 0.717) is 37.3 Å². The standard InChI is InChI=1S/C24H22F3NO2S.C24H25NO3S.C24H25NO2S.C23H23NO2S/c1-16-14-31-15-22(16)21(10-11-28(2)13-23(29)30)18-8-6-17(7-9-18)19-4-3-5-20(12-19)24(25,26)27;1-17-15-29-16-23(17)22(11-12-25(2)14-24(26)27)19-9-7-18(8-10-19)20-5-4-6-21(13-20)28-3;1-17-5-4-6-21(15-17)19-7-9-20(10-8-19)22(24-18(2)12-14-28-24)11-13-25(3)16-23(26)27;1-17-5-3-4-6-21(17)22(11-13-24(2)15-23(25)26)19-9-7-18(8-10-19)20-12-14-27-16-20/h3-10,12,14-15H,11,13H2,1-2H3,(H,29,30);4-11,13,15-16H,12,14H2,1-3H3,(H,26,27);4-12,14-15H,13,16H2,1-3H3,(H,26,27);3-12,14,16H,13,15H2,1-2H3,(H,25,26)/b21-10-;3*22-11-. The molecule has 0 fully saturated rings. The molecule has 0 amide bonds. The van der Waals surface area contributed by atoms with Crippen molar-refractivity contribution in [1.82, 2.24) is 19.6 Å². The molecule has 0 atom stereocenters. The molecule has 0 bridgehead atoms. The minimum atomic E-state index is -4.38. The van der Waals surface area contributed by atoms with Gasteiger partial charge in [-0.25, -0.2) is 0 Å². The normalized spacial score (nSPS) is 11.9. The van der Waals surface area contributed by atoms with Gasteiger partial charge in [0, 0.05) is 31.1 Å². The third-order valence-corrected chi connectivity index (χ3v) is 22.3. The third kappa shape index (κ3) is 26.4. The van der Waals surface area contributed by atoms with Crippen LogP contribution in [0.4, 0.5) is 13.2 Å². The molecule has 0 aliphatic heterocycles. The Morgan fingerprint density at radius 1 is 0.365 bits per heavy atom. The molecule has 0 radical (unpaired) electrons. The Morgan fingerprint density at radius 2 is 0.757 bits per heavy atom. The van der Waals surface area contributed by atoms with Crippen LogP contribution >= 0.6 is 45.3 Å². The van der Waals surface area contributed by atoms with Crippen LogP contribution in [0.15, 0.2) is 268 Å². The number of hydrogen-bond donors (Lipinski definition) is 4. The predicted octanol–water partition coefficient (Wildman–Crippen LogP) is 22.0. The van der Waals surface area contributed by atoms with Gasteiger partial charge >= 0.3 is 30.1 Å². The van der Waals surface area contributed by atoms with E-state index >= 15 is 0 Å². The molecule has 115 heavy (non-hydrogen) atoms. The lowest BCUT2D eigenvalue weighted by molar-refractivity contribution is -0.138. The van der Waals surface area contributed by atoms with Crippen molar-refractivity contribution in [3.05, 3.63) is 345 Å². The van der Waals surface area contributed by atoms with Crippen molar-refractivity contribution < 1.29 is 57.5 Å². The average molecular weight is 1620 g/mol. The summed E-state index contributed by atoms with van der Waals surface area (Å²) in [7, 11) is 8.86. The first kappa shape index (κ1) is 87.8. The van der Waals surface area contributed by atoms with E-state index in [1.54, 1.807) is 97.3 Å². The highest BCUT2D eigenvalue weighted by Gasteiger charge is 2.30. The first-order valence-electron chi connectivity index (χ1n) is 37.0. The molecule has 0 aliphatic rings.